The summed E-state index contributed by atoms with van der Waals surface area (Å²) in [5.41, 5.74) is 1.03. The van der Waals surface area contributed by atoms with E-state index < -0.39 is 48.7 Å². The van der Waals surface area contributed by atoms with Crippen molar-refractivity contribution in [2.45, 2.75) is 81.2 Å². The standard InChI is InChI=1S/C34H43N5O6S2/c1-23(2)44-20-32(36-15-14-35)33(46(40,41)21-26-16-28-10-6-8-12-30(28)37-18-26)39-25(5)34(45-24(3)4)47(42,43)22-27-17-29-11-7-9-13-31(29)38-19-27/h6-13,16-19,23-25,32-34,36,39H,15,20-22H2,1-5H3/t25?,32?,33-,34-/m0/s1. The number of aromatic nitrogens is 2. The number of ether oxygens (including phenoxy) is 2. The number of fused-ring (bicyclic) bond motifs is 2. The van der Waals surface area contributed by atoms with Crippen molar-refractivity contribution in [1.82, 2.24) is 20.6 Å². The highest BCUT2D eigenvalue weighted by molar-refractivity contribution is 7.91. The Morgan fingerprint density at radius 1 is 0.787 bits per heavy atom. The molecule has 2 N–H and O–H groups in total. The van der Waals surface area contributed by atoms with Gasteiger partial charge in [-0.05, 0) is 70.0 Å². The topological polar surface area (TPSA) is 160 Å². The molecule has 13 heteroatoms. The second kappa shape index (κ2) is 16.1. The minimum absolute atomic E-state index is 0.0514. The Labute approximate surface area is 277 Å². The Balaban J connectivity index is 1.68. The highest BCUT2D eigenvalue weighted by atomic mass is 32.2. The molecule has 0 aliphatic rings. The van der Waals surface area contributed by atoms with Gasteiger partial charge in [-0.15, -0.1) is 0 Å². The lowest BCUT2D eigenvalue weighted by molar-refractivity contribution is 0.0304. The van der Waals surface area contributed by atoms with Crippen LogP contribution in [0.5, 0.6) is 0 Å². The number of hydrogen-bond donors (Lipinski definition) is 2. The molecular weight excluding hydrogens is 639 g/mol. The van der Waals surface area contributed by atoms with Crippen LogP contribution in [0, 0.1) is 11.3 Å². The molecular formula is C34H43N5O6S2. The molecule has 252 valence electrons. The van der Waals surface area contributed by atoms with Gasteiger partial charge in [0.25, 0.3) is 0 Å². The minimum atomic E-state index is -4.07. The van der Waals surface area contributed by atoms with Crippen LogP contribution >= 0.6 is 0 Å². The fourth-order valence-corrected chi connectivity index (χ4v) is 9.12. The van der Waals surface area contributed by atoms with Gasteiger partial charge in [0, 0.05) is 29.2 Å². The number of benzene rings is 2. The summed E-state index contributed by atoms with van der Waals surface area (Å²) in [5.74, 6) is -0.742. The van der Waals surface area contributed by atoms with Crippen molar-refractivity contribution in [3.8, 4) is 6.07 Å². The first kappa shape index (κ1) is 36.3. The fraction of sp³-hybridized carbons (Fsp3) is 0.441. The van der Waals surface area contributed by atoms with E-state index in [1.807, 2.05) is 68.4 Å². The van der Waals surface area contributed by atoms with Gasteiger partial charge < -0.3 is 9.47 Å². The highest BCUT2D eigenvalue weighted by Gasteiger charge is 2.40. The molecule has 2 aromatic heterocycles. The van der Waals surface area contributed by atoms with Crippen LogP contribution in [0.3, 0.4) is 0 Å². The Hall–Kier alpha value is -3.51. The number of pyridine rings is 2. The number of rotatable bonds is 17. The third kappa shape index (κ3) is 9.99. The molecule has 0 bridgehead atoms. The molecule has 0 radical (unpaired) electrons. The maximum atomic E-state index is 14.3. The van der Waals surface area contributed by atoms with Gasteiger partial charge in [0.1, 0.15) is 5.37 Å². The van der Waals surface area contributed by atoms with Crippen LogP contribution < -0.4 is 10.6 Å². The molecule has 0 aliphatic carbocycles. The van der Waals surface area contributed by atoms with Crippen LogP contribution in [-0.2, 0) is 40.7 Å². The van der Waals surface area contributed by atoms with Gasteiger partial charge in [-0.3, -0.25) is 20.6 Å². The summed E-state index contributed by atoms with van der Waals surface area (Å²) < 4.78 is 68.3. The van der Waals surface area contributed by atoms with E-state index in [0.29, 0.717) is 11.1 Å². The van der Waals surface area contributed by atoms with Crippen LogP contribution in [0.15, 0.2) is 73.1 Å². The van der Waals surface area contributed by atoms with Gasteiger partial charge in [0.2, 0.25) is 0 Å². The number of nitriles is 1. The molecule has 2 unspecified atom stereocenters. The largest absolute Gasteiger partial charge is 0.377 e. The second-order valence-corrected chi connectivity index (χ2v) is 16.3. The quantitative estimate of drug-likeness (QED) is 0.153. The Kier molecular flexibility index (Phi) is 12.4. The maximum absolute atomic E-state index is 14.3. The van der Waals surface area contributed by atoms with Crippen LogP contribution in [0.2, 0.25) is 0 Å². The molecule has 0 spiro atoms. The normalized spacial score (nSPS) is 15.1. The Morgan fingerprint density at radius 3 is 1.83 bits per heavy atom. The molecule has 0 saturated carbocycles. The van der Waals surface area contributed by atoms with E-state index in [2.05, 4.69) is 20.6 Å². The van der Waals surface area contributed by atoms with E-state index in [0.717, 1.165) is 21.8 Å². The summed E-state index contributed by atoms with van der Waals surface area (Å²) in [6, 6.07) is 18.5. The molecule has 0 fully saturated rings. The molecule has 11 nitrogen and oxygen atoms in total. The SMILES string of the molecule is CC(C)OCC(NCC#N)[C@@H](NC(C)[C@@H](OC(C)C)S(=O)(=O)Cc1cnc2ccccc2c1)S(=O)(=O)Cc1cnc2ccccc2c1. The molecule has 4 rings (SSSR count). The lowest BCUT2D eigenvalue weighted by Crippen LogP contribution is -2.60. The zero-order valence-corrected chi connectivity index (χ0v) is 29.0. The zero-order chi connectivity index (χ0) is 34.2. The number of sulfone groups is 2. The highest BCUT2D eigenvalue weighted by Crippen LogP contribution is 2.23. The number of nitrogens with one attached hydrogen (secondary N) is 2. The first-order valence-corrected chi connectivity index (χ1v) is 19.0. The predicted octanol–water partition coefficient (Wildman–Crippen LogP) is 4.27. The van der Waals surface area contributed by atoms with Gasteiger partial charge in [-0.2, -0.15) is 5.26 Å². The predicted molar refractivity (Wildman–Crippen MR) is 184 cm³/mol. The second-order valence-electron chi connectivity index (χ2n) is 12.1. The van der Waals surface area contributed by atoms with E-state index >= 15 is 0 Å². The van der Waals surface area contributed by atoms with Gasteiger partial charge in [0.05, 0.1) is 60.0 Å². The summed E-state index contributed by atoms with van der Waals surface area (Å²) in [6.07, 6.45) is 2.35. The molecule has 0 saturated heterocycles. The van der Waals surface area contributed by atoms with Crippen LogP contribution in [0.4, 0.5) is 0 Å². The first-order valence-electron chi connectivity index (χ1n) is 15.5. The lowest BCUT2D eigenvalue weighted by atomic mass is 10.2. The van der Waals surface area contributed by atoms with Crippen LogP contribution in [-0.4, -0.2) is 75.1 Å². The number of para-hydroxylation sites is 2. The van der Waals surface area contributed by atoms with E-state index in [1.54, 1.807) is 32.9 Å². The summed E-state index contributed by atoms with van der Waals surface area (Å²) in [7, 11) is -8.09. The summed E-state index contributed by atoms with van der Waals surface area (Å²) >= 11 is 0. The molecule has 0 amide bonds. The summed E-state index contributed by atoms with van der Waals surface area (Å²) in [6.45, 7) is 8.48. The van der Waals surface area contributed by atoms with Crippen LogP contribution in [0.1, 0.15) is 45.7 Å². The average molecular weight is 682 g/mol. The fourth-order valence-electron chi connectivity index (χ4n) is 5.34. The molecule has 47 heavy (non-hydrogen) atoms. The number of nitrogens with zero attached hydrogens (tertiary/aromatic N) is 3. The van der Waals surface area contributed by atoms with E-state index in [-0.39, 0.29) is 30.8 Å². The molecule has 2 aromatic carbocycles. The van der Waals surface area contributed by atoms with Crippen molar-refractivity contribution >= 4 is 41.5 Å². The van der Waals surface area contributed by atoms with Gasteiger partial charge in [0.15, 0.2) is 25.1 Å². The average Bonchev–Trinajstić information content (AvgIpc) is 3.02. The monoisotopic (exact) mass is 681 g/mol. The van der Waals surface area contributed by atoms with E-state index in [1.165, 1.54) is 12.4 Å². The maximum Gasteiger partial charge on any atom is 0.182 e. The summed E-state index contributed by atoms with van der Waals surface area (Å²) in [4.78, 5) is 8.82. The van der Waals surface area contributed by atoms with Crippen LogP contribution in [0.25, 0.3) is 21.8 Å². The molecule has 0 aliphatic heterocycles. The van der Waals surface area contributed by atoms with Gasteiger partial charge >= 0.3 is 0 Å². The van der Waals surface area contributed by atoms with Gasteiger partial charge in [-0.25, -0.2) is 16.8 Å². The Bertz CT molecular complexity index is 1910. The van der Waals surface area contributed by atoms with Crippen molar-refractivity contribution in [3.05, 3.63) is 84.2 Å². The third-order valence-corrected chi connectivity index (χ3v) is 11.4. The minimum Gasteiger partial charge on any atom is -0.377 e. The van der Waals surface area contributed by atoms with Crippen molar-refractivity contribution < 1.29 is 26.3 Å². The Morgan fingerprint density at radius 2 is 1.32 bits per heavy atom. The third-order valence-electron chi connectivity index (χ3n) is 7.43. The van der Waals surface area contributed by atoms with Crippen molar-refractivity contribution in [1.29, 1.82) is 5.26 Å². The molecule has 4 atom stereocenters. The smallest absolute Gasteiger partial charge is 0.182 e. The van der Waals surface area contributed by atoms with E-state index in [4.69, 9.17) is 9.47 Å². The molecule has 4 aromatic rings. The zero-order valence-electron chi connectivity index (χ0n) is 27.3. The van der Waals surface area contributed by atoms with Crippen molar-refractivity contribution in [2.24, 2.45) is 0 Å². The number of hydrogen-bond acceptors (Lipinski definition) is 11. The van der Waals surface area contributed by atoms with E-state index in [9.17, 15) is 22.1 Å². The molecule has 2 heterocycles. The lowest BCUT2D eigenvalue weighted by Gasteiger charge is -2.34. The van der Waals surface area contributed by atoms with Crippen molar-refractivity contribution in [2.75, 3.05) is 13.2 Å². The van der Waals surface area contributed by atoms with Gasteiger partial charge in [-0.1, -0.05) is 36.4 Å². The first-order chi connectivity index (χ1) is 22.3. The summed E-state index contributed by atoms with van der Waals surface area (Å²) in [5, 5.41) is 15.7. The van der Waals surface area contributed by atoms with Crippen molar-refractivity contribution in [3.63, 3.8) is 0 Å².